The van der Waals surface area contributed by atoms with Crippen LogP contribution in [0.1, 0.15) is 18.7 Å². The smallest absolute Gasteiger partial charge is 0.247 e. The van der Waals surface area contributed by atoms with Crippen LogP contribution >= 0.6 is 0 Å². The molecule has 0 radical (unpaired) electrons. The summed E-state index contributed by atoms with van der Waals surface area (Å²) < 4.78 is 43.3. The van der Waals surface area contributed by atoms with Crippen molar-refractivity contribution in [2.75, 3.05) is 7.05 Å². The first kappa shape index (κ1) is 21.6. The number of hydrogen-bond acceptors (Lipinski definition) is 5. The highest BCUT2D eigenvalue weighted by Gasteiger charge is 2.31. The average molecular weight is 456 g/mol. The lowest BCUT2D eigenvalue weighted by Gasteiger charge is -2.24. The minimum atomic E-state index is -4.16. The van der Waals surface area contributed by atoms with E-state index in [1.807, 2.05) is 0 Å². The van der Waals surface area contributed by atoms with Crippen molar-refractivity contribution in [2.45, 2.75) is 17.9 Å². The number of para-hydroxylation sites is 1. The number of aromatic hydroxyl groups is 2. The number of H-pyrrole nitrogens is 1. The Morgan fingerprint density at radius 2 is 1.84 bits per heavy atom. The van der Waals surface area contributed by atoms with Crippen molar-refractivity contribution in [1.82, 2.24) is 19.1 Å². The Bertz CT molecular complexity index is 1370. The third-order valence-corrected chi connectivity index (χ3v) is 7.31. The Labute approximate surface area is 184 Å². The first-order chi connectivity index (χ1) is 15.2. The molecule has 1 atom stereocenters. The van der Waals surface area contributed by atoms with Crippen LogP contribution in [-0.2, 0) is 10.0 Å². The predicted octanol–water partition coefficient (Wildman–Crippen LogP) is 3.80. The van der Waals surface area contributed by atoms with Gasteiger partial charge in [0.15, 0.2) is 0 Å². The largest absolute Gasteiger partial charge is 0.507 e. The molecule has 0 spiro atoms. The normalized spacial score (nSPS) is 12.9. The van der Waals surface area contributed by atoms with E-state index in [-0.39, 0.29) is 22.7 Å². The minimum absolute atomic E-state index is 0.0723. The summed E-state index contributed by atoms with van der Waals surface area (Å²) in [7, 11) is -2.76. The van der Waals surface area contributed by atoms with Gasteiger partial charge in [0.05, 0.1) is 17.9 Å². The van der Waals surface area contributed by atoms with Crippen LogP contribution in [0.4, 0.5) is 4.39 Å². The lowest BCUT2D eigenvalue weighted by Crippen LogP contribution is -2.30. The second-order valence-corrected chi connectivity index (χ2v) is 9.21. The number of benzene rings is 2. The van der Waals surface area contributed by atoms with Crippen molar-refractivity contribution in [1.29, 1.82) is 0 Å². The summed E-state index contributed by atoms with van der Waals surface area (Å²) in [6.07, 6.45) is 3.09. The molecule has 0 aliphatic rings. The van der Waals surface area contributed by atoms with E-state index in [1.165, 1.54) is 42.2 Å². The van der Waals surface area contributed by atoms with Crippen molar-refractivity contribution in [2.24, 2.45) is 0 Å². The molecule has 2 aromatic carbocycles. The fraction of sp³-hybridized carbons (Fsp3) is 0.136. The molecule has 1 unspecified atom stereocenters. The highest BCUT2D eigenvalue weighted by atomic mass is 32.2. The van der Waals surface area contributed by atoms with Crippen LogP contribution in [0.25, 0.3) is 16.9 Å². The molecule has 166 valence electrons. The van der Waals surface area contributed by atoms with Gasteiger partial charge in [-0.3, -0.25) is 0 Å². The molecule has 10 heteroatoms. The third kappa shape index (κ3) is 3.63. The van der Waals surface area contributed by atoms with Crippen molar-refractivity contribution >= 4 is 10.0 Å². The molecule has 4 aromatic rings. The Morgan fingerprint density at radius 3 is 2.53 bits per heavy atom. The zero-order valence-corrected chi connectivity index (χ0v) is 18.1. The van der Waals surface area contributed by atoms with E-state index in [9.17, 15) is 23.0 Å². The molecular weight excluding hydrogens is 435 g/mol. The average Bonchev–Trinajstić information content (AvgIpc) is 3.45. The van der Waals surface area contributed by atoms with Gasteiger partial charge in [-0.2, -0.15) is 9.40 Å². The monoisotopic (exact) mass is 456 g/mol. The van der Waals surface area contributed by atoms with Gasteiger partial charge in [0.1, 0.15) is 27.9 Å². The number of aromatic nitrogens is 3. The molecule has 0 bridgehead atoms. The zero-order chi connectivity index (χ0) is 23.0. The number of sulfonamides is 1. The van der Waals surface area contributed by atoms with Crippen LogP contribution in [0.3, 0.4) is 0 Å². The van der Waals surface area contributed by atoms with Gasteiger partial charge in [-0.1, -0.05) is 12.1 Å². The fourth-order valence-electron chi connectivity index (χ4n) is 3.46. The standard InChI is InChI=1S/C22H21FN4O4S/c1-14(17-7-5-10-24-17)26(2)32(30,31)22-12-15(20(28)13-21(22)29)18-9-11-25-27(18)19-8-4-3-6-16(19)23/h3-14,24,28-29H,1-2H3. The molecule has 0 amide bonds. The number of nitrogens with zero attached hydrogens (tertiary/aromatic N) is 3. The first-order valence-corrected chi connectivity index (χ1v) is 11.1. The maximum atomic E-state index is 14.3. The zero-order valence-electron chi connectivity index (χ0n) is 17.3. The van der Waals surface area contributed by atoms with Crippen molar-refractivity contribution in [3.05, 3.63) is 78.5 Å². The van der Waals surface area contributed by atoms with Crippen molar-refractivity contribution in [3.8, 4) is 28.4 Å². The number of aromatic amines is 1. The highest BCUT2D eigenvalue weighted by molar-refractivity contribution is 7.89. The number of phenolic OH excluding ortho intramolecular Hbond substituents is 2. The maximum absolute atomic E-state index is 14.3. The van der Waals surface area contributed by atoms with Crippen LogP contribution in [0.2, 0.25) is 0 Å². The quantitative estimate of drug-likeness (QED) is 0.409. The lowest BCUT2D eigenvalue weighted by atomic mass is 10.1. The third-order valence-electron chi connectivity index (χ3n) is 5.35. The first-order valence-electron chi connectivity index (χ1n) is 9.68. The molecule has 2 aromatic heterocycles. The van der Waals surface area contributed by atoms with Crippen LogP contribution in [0.5, 0.6) is 11.5 Å². The maximum Gasteiger partial charge on any atom is 0.247 e. The van der Waals surface area contributed by atoms with E-state index in [2.05, 4.69) is 10.1 Å². The van der Waals surface area contributed by atoms with E-state index in [0.717, 1.165) is 16.4 Å². The number of rotatable bonds is 6. The molecule has 4 rings (SSSR count). The molecule has 2 heterocycles. The minimum Gasteiger partial charge on any atom is -0.507 e. The summed E-state index contributed by atoms with van der Waals surface area (Å²) in [5.41, 5.74) is 1.13. The van der Waals surface area contributed by atoms with Gasteiger partial charge < -0.3 is 15.2 Å². The van der Waals surface area contributed by atoms with Crippen LogP contribution in [-0.4, -0.2) is 44.7 Å². The summed E-state index contributed by atoms with van der Waals surface area (Å²) in [6.45, 7) is 1.70. The molecule has 3 N–H and O–H groups in total. The van der Waals surface area contributed by atoms with Gasteiger partial charge in [0, 0.05) is 30.6 Å². The van der Waals surface area contributed by atoms with E-state index in [4.69, 9.17) is 0 Å². The molecule has 0 saturated carbocycles. The Hall–Kier alpha value is -3.63. The van der Waals surface area contributed by atoms with E-state index >= 15 is 0 Å². The van der Waals surface area contributed by atoms with Gasteiger partial charge in [-0.15, -0.1) is 0 Å². The molecule has 0 aliphatic carbocycles. The van der Waals surface area contributed by atoms with Crippen LogP contribution in [0.15, 0.2) is 71.9 Å². The molecule has 32 heavy (non-hydrogen) atoms. The number of halogens is 1. The second-order valence-electron chi connectivity index (χ2n) is 7.24. The SMILES string of the molecule is CC(c1ccc[nH]1)N(C)S(=O)(=O)c1cc(-c2ccnn2-c2ccccc2F)c(O)cc1O. The Kier molecular flexibility index (Phi) is 5.49. The molecule has 0 saturated heterocycles. The predicted molar refractivity (Wildman–Crippen MR) is 116 cm³/mol. The number of nitrogens with one attached hydrogen (secondary N) is 1. The molecule has 0 aliphatic heterocycles. The Balaban J connectivity index is 1.82. The van der Waals surface area contributed by atoms with Gasteiger partial charge in [0.2, 0.25) is 10.0 Å². The van der Waals surface area contributed by atoms with Gasteiger partial charge >= 0.3 is 0 Å². The number of phenols is 2. The van der Waals surface area contributed by atoms with Crippen LogP contribution in [0, 0.1) is 5.82 Å². The van der Waals surface area contributed by atoms with Gasteiger partial charge in [-0.05, 0) is 43.3 Å². The fourth-order valence-corrected chi connectivity index (χ4v) is 4.89. The summed E-state index contributed by atoms with van der Waals surface area (Å²) in [4.78, 5) is 2.58. The molecule has 8 nitrogen and oxygen atoms in total. The summed E-state index contributed by atoms with van der Waals surface area (Å²) in [5.74, 6) is -1.52. The summed E-state index contributed by atoms with van der Waals surface area (Å²) in [5, 5.41) is 25.0. The lowest BCUT2D eigenvalue weighted by molar-refractivity contribution is 0.387. The number of hydrogen-bond donors (Lipinski definition) is 3. The topological polar surface area (TPSA) is 111 Å². The van der Waals surface area contributed by atoms with Gasteiger partial charge in [0.25, 0.3) is 0 Å². The second kappa shape index (κ2) is 8.13. The molecule has 0 fully saturated rings. The highest BCUT2D eigenvalue weighted by Crippen LogP contribution is 2.39. The van der Waals surface area contributed by atoms with E-state index in [1.54, 1.807) is 31.3 Å². The van der Waals surface area contributed by atoms with Crippen LogP contribution < -0.4 is 0 Å². The van der Waals surface area contributed by atoms with Crippen molar-refractivity contribution < 1.29 is 23.0 Å². The van der Waals surface area contributed by atoms with Crippen molar-refractivity contribution in [3.63, 3.8) is 0 Å². The van der Waals surface area contributed by atoms with Gasteiger partial charge in [-0.25, -0.2) is 17.5 Å². The molecular formula is C22H21FN4O4S. The van der Waals surface area contributed by atoms with E-state index < -0.39 is 32.5 Å². The van der Waals surface area contributed by atoms with E-state index in [0.29, 0.717) is 5.69 Å². The summed E-state index contributed by atoms with van der Waals surface area (Å²) in [6, 6.07) is 12.5. The summed E-state index contributed by atoms with van der Waals surface area (Å²) >= 11 is 0. The Morgan fingerprint density at radius 1 is 1.09 bits per heavy atom.